The minimum absolute atomic E-state index is 0.203. The number of nitrogens with one attached hydrogen (secondary N) is 1. The van der Waals surface area contributed by atoms with Gasteiger partial charge in [0.2, 0.25) is 6.41 Å². The molecule has 0 aromatic carbocycles. The van der Waals surface area contributed by atoms with Crippen LogP contribution in [0.25, 0.3) is 0 Å². The van der Waals surface area contributed by atoms with Crippen molar-refractivity contribution in [3.8, 4) is 0 Å². The highest BCUT2D eigenvalue weighted by Crippen LogP contribution is 2.15. The van der Waals surface area contributed by atoms with Gasteiger partial charge in [0.05, 0.1) is 0 Å². The van der Waals surface area contributed by atoms with Crippen molar-refractivity contribution in [2.45, 2.75) is 33.2 Å². The van der Waals surface area contributed by atoms with Crippen LogP contribution in [0.3, 0.4) is 0 Å². The normalized spacial score (nSPS) is 15.6. The van der Waals surface area contributed by atoms with Gasteiger partial charge in [-0.25, -0.2) is 9.97 Å². The maximum absolute atomic E-state index is 12.3. The van der Waals surface area contributed by atoms with Crippen molar-refractivity contribution in [3.05, 3.63) is 17.6 Å². The van der Waals surface area contributed by atoms with Crippen LogP contribution in [0, 0.1) is 6.92 Å². The Bertz CT molecular complexity index is 560. The number of amides is 2. The number of aromatic nitrogens is 2. The van der Waals surface area contributed by atoms with Gasteiger partial charge in [-0.1, -0.05) is 0 Å². The lowest BCUT2D eigenvalue weighted by Crippen LogP contribution is -2.46. The van der Waals surface area contributed by atoms with Crippen LogP contribution in [-0.4, -0.2) is 58.9 Å². The molecule has 0 atom stereocenters. The second kappa shape index (κ2) is 6.29. The summed E-state index contributed by atoms with van der Waals surface area (Å²) >= 11 is 0. The van der Waals surface area contributed by atoms with E-state index in [4.69, 9.17) is 0 Å². The Balaban J connectivity index is 2.17. The van der Waals surface area contributed by atoms with Crippen molar-refractivity contribution in [3.63, 3.8) is 0 Å². The fourth-order valence-corrected chi connectivity index (χ4v) is 2.29. The number of carbonyl (C=O) groups is 2. The fourth-order valence-electron chi connectivity index (χ4n) is 2.29. The number of aryl methyl sites for hydroxylation is 1. The van der Waals surface area contributed by atoms with Crippen molar-refractivity contribution in [1.29, 1.82) is 0 Å². The Hall–Kier alpha value is -2.18. The van der Waals surface area contributed by atoms with Crippen molar-refractivity contribution >= 4 is 18.1 Å². The van der Waals surface area contributed by atoms with Crippen LogP contribution >= 0.6 is 0 Å². The van der Waals surface area contributed by atoms with Crippen LogP contribution in [0.1, 0.15) is 37.1 Å². The molecule has 0 aliphatic carbocycles. The number of carbonyl (C=O) groups excluding carboxylic acids is 2. The topological polar surface area (TPSA) is 78.4 Å². The molecule has 2 rings (SSSR count). The van der Waals surface area contributed by atoms with Crippen molar-refractivity contribution in [2.24, 2.45) is 0 Å². The van der Waals surface area contributed by atoms with Gasteiger partial charge in [-0.2, -0.15) is 0 Å². The highest BCUT2D eigenvalue weighted by Gasteiger charge is 2.21. The van der Waals surface area contributed by atoms with Gasteiger partial charge in [-0.15, -0.1) is 0 Å². The van der Waals surface area contributed by atoms with Gasteiger partial charge in [0.25, 0.3) is 5.91 Å². The van der Waals surface area contributed by atoms with E-state index in [1.54, 1.807) is 17.9 Å². The van der Waals surface area contributed by atoms with Gasteiger partial charge in [0.1, 0.15) is 17.3 Å². The highest BCUT2D eigenvalue weighted by molar-refractivity contribution is 5.93. The van der Waals surface area contributed by atoms with Crippen molar-refractivity contribution < 1.29 is 9.59 Å². The summed E-state index contributed by atoms with van der Waals surface area (Å²) in [7, 11) is 0. The van der Waals surface area contributed by atoms with Crippen molar-refractivity contribution in [2.75, 3.05) is 31.1 Å². The predicted molar refractivity (Wildman–Crippen MR) is 83.8 cm³/mol. The van der Waals surface area contributed by atoms with Crippen LogP contribution in [0.4, 0.5) is 5.82 Å². The third-order valence-corrected chi connectivity index (χ3v) is 3.33. The molecule has 22 heavy (non-hydrogen) atoms. The molecule has 0 radical (unpaired) electrons. The molecule has 0 saturated carbocycles. The van der Waals surface area contributed by atoms with Gasteiger partial charge in [-0.3, -0.25) is 9.59 Å². The summed E-state index contributed by atoms with van der Waals surface area (Å²) in [6.45, 7) is 10.3. The molecule has 0 bridgehead atoms. The number of anilines is 1. The van der Waals surface area contributed by atoms with Gasteiger partial charge >= 0.3 is 0 Å². The van der Waals surface area contributed by atoms with Gasteiger partial charge in [0, 0.05) is 37.8 Å². The van der Waals surface area contributed by atoms with E-state index in [1.165, 1.54) is 0 Å². The Morgan fingerprint density at radius 3 is 2.41 bits per heavy atom. The van der Waals surface area contributed by atoms with Crippen LogP contribution in [0.5, 0.6) is 0 Å². The summed E-state index contributed by atoms with van der Waals surface area (Å²) in [6, 6.07) is 1.71. The lowest BCUT2D eigenvalue weighted by molar-refractivity contribution is -0.118. The van der Waals surface area contributed by atoms with Crippen LogP contribution in [-0.2, 0) is 4.79 Å². The van der Waals surface area contributed by atoms with Gasteiger partial charge < -0.3 is 15.1 Å². The molecule has 1 aliphatic heterocycles. The monoisotopic (exact) mass is 305 g/mol. The Morgan fingerprint density at radius 1 is 1.23 bits per heavy atom. The number of hydrogen-bond donors (Lipinski definition) is 1. The number of rotatable bonds is 3. The average Bonchev–Trinajstić information content (AvgIpc) is 2.45. The minimum Gasteiger partial charge on any atom is -0.353 e. The molecule has 120 valence electrons. The number of nitrogens with zero attached hydrogens (tertiary/aromatic N) is 4. The molecule has 7 heteroatoms. The minimum atomic E-state index is -0.314. The molecule has 1 saturated heterocycles. The predicted octanol–water partition coefficient (Wildman–Crippen LogP) is 0.592. The van der Waals surface area contributed by atoms with Gasteiger partial charge in [-0.05, 0) is 27.7 Å². The lowest BCUT2D eigenvalue weighted by atomic mass is 10.1. The average molecular weight is 305 g/mol. The third-order valence-electron chi connectivity index (χ3n) is 3.33. The van der Waals surface area contributed by atoms with E-state index >= 15 is 0 Å². The Labute approximate surface area is 130 Å². The molecule has 7 nitrogen and oxygen atoms in total. The first-order valence-electron chi connectivity index (χ1n) is 7.41. The zero-order valence-electron chi connectivity index (χ0n) is 13.6. The van der Waals surface area contributed by atoms with E-state index in [9.17, 15) is 9.59 Å². The molecule has 0 unspecified atom stereocenters. The van der Waals surface area contributed by atoms with Gasteiger partial charge in [0.15, 0.2) is 0 Å². The molecule has 1 N–H and O–H groups in total. The first-order chi connectivity index (χ1) is 10.3. The van der Waals surface area contributed by atoms with Crippen molar-refractivity contribution in [1.82, 2.24) is 20.2 Å². The first kappa shape index (κ1) is 16.2. The molecule has 1 aliphatic rings. The fraction of sp³-hybridized carbons (Fsp3) is 0.600. The van der Waals surface area contributed by atoms with E-state index in [1.807, 2.05) is 20.8 Å². The van der Waals surface area contributed by atoms with E-state index in [2.05, 4.69) is 20.2 Å². The zero-order chi connectivity index (χ0) is 16.3. The largest absolute Gasteiger partial charge is 0.353 e. The molecule has 0 spiro atoms. The van der Waals surface area contributed by atoms with E-state index in [0.717, 1.165) is 12.2 Å². The smallest absolute Gasteiger partial charge is 0.270 e. The zero-order valence-corrected chi connectivity index (χ0v) is 13.6. The van der Waals surface area contributed by atoms with Crippen LogP contribution in [0.15, 0.2) is 6.07 Å². The van der Waals surface area contributed by atoms with Crippen LogP contribution < -0.4 is 10.2 Å². The molecule has 2 amide bonds. The van der Waals surface area contributed by atoms with Crippen LogP contribution in [0.2, 0.25) is 0 Å². The molecular weight excluding hydrogens is 282 g/mol. The molecule has 2 heterocycles. The second-order valence-electron chi connectivity index (χ2n) is 6.49. The summed E-state index contributed by atoms with van der Waals surface area (Å²) in [4.78, 5) is 35.5. The Morgan fingerprint density at radius 2 is 1.86 bits per heavy atom. The molecule has 1 fully saturated rings. The summed E-state index contributed by atoms with van der Waals surface area (Å²) in [5.41, 5.74) is 0.0568. The summed E-state index contributed by atoms with van der Waals surface area (Å²) in [5.74, 6) is 1.09. The summed E-state index contributed by atoms with van der Waals surface area (Å²) in [6.07, 6.45) is 0.866. The molecule has 1 aromatic rings. The maximum Gasteiger partial charge on any atom is 0.270 e. The first-order valence-corrected chi connectivity index (χ1v) is 7.41. The quantitative estimate of drug-likeness (QED) is 0.827. The Kier molecular flexibility index (Phi) is 4.63. The lowest BCUT2D eigenvalue weighted by Gasteiger charge is -2.33. The number of hydrogen-bond acceptors (Lipinski definition) is 5. The SMILES string of the molecule is Cc1nc(C(=O)NC(C)(C)C)cc(N2CCN(C=O)CC2)n1. The highest BCUT2D eigenvalue weighted by atomic mass is 16.2. The van der Waals surface area contributed by atoms with E-state index in [-0.39, 0.29) is 11.4 Å². The maximum atomic E-state index is 12.3. The summed E-state index contributed by atoms with van der Waals surface area (Å²) in [5, 5.41) is 2.91. The summed E-state index contributed by atoms with van der Waals surface area (Å²) < 4.78 is 0. The van der Waals surface area contributed by atoms with E-state index < -0.39 is 0 Å². The standard InChI is InChI=1S/C15H23N5O2/c1-11-16-12(14(22)18-15(2,3)4)9-13(17-11)20-7-5-19(10-21)6-8-20/h9-10H,5-8H2,1-4H3,(H,18,22). The number of piperazine rings is 1. The molecular formula is C15H23N5O2. The second-order valence-corrected chi connectivity index (χ2v) is 6.49. The van der Waals surface area contributed by atoms with E-state index in [0.29, 0.717) is 37.7 Å². The third kappa shape index (κ3) is 4.16. The molecule has 1 aromatic heterocycles.